The maximum atomic E-state index is 12.1. The Morgan fingerprint density at radius 2 is 1.78 bits per heavy atom. The molecule has 2 aromatic carbocycles. The second-order valence-electron chi connectivity index (χ2n) is 5.13. The number of aryl methyl sites for hydroxylation is 2. The fraction of sp³-hybridized carbons (Fsp3) is 0.222. The van der Waals surface area contributed by atoms with Crippen LogP contribution >= 0.6 is 0 Å². The Labute approximate surface area is 135 Å². The van der Waals surface area contributed by atoms with Gasteiger partial charge < -0.3 is 9.47 Å². The van der Waals surface area contributed by atoms with Crippen molar-refractivity contribution >= 4 is 12.1 Å². The Kier molecular flexibility index (Phi) is 5.36. The molecule has 5 heteroatoms. The van der Waals surface area contributed by atoms with Gasteiger partial charge in [0.2, 0.25) is 0 Å². The van der Waals surface area contributed by atoms with Crippen molar-refractivity contribution < 1.29 is 14.3 Å². The van der Waals surface area contributed by atoms with E-state index >= 15 is 0 Å². The molecule has 1 amide bonds. The van der Waals surface area contributed by atoms with E-state index in [2.05, 4.69) is 16.6 Å². The maximum absolute atomic E-state index is 12.1. The molecule has 0 spiro atoms. The van der Waals surface area contributed by atoms with E-state index in [-0.39, 0.29) is 5.91 Å². The van der Waals surface area contributed by atoms with E-state index in [1.165, 1.54) is 12.7 Å². The van der Waals surface area contributed by atoms with Crippen molar-refractivity contribution in [1.29, 1.82) is 0 Å². The molecular formula is C18H20N2O3. The van der Waals surface area contributed by atoms with Crippen LogP contribution in [0.5, 0.6) is 11.5 Å². The summed E-state index contributed by atoms with van der Waals surface area (Å²) in [6.07, 6.45) is 1.63. The van der Waals surface area contributed by atoms with Crippen LogP contribution < -0.4 is 14.9 Å². The highest BCUT2D eigenvalue weighted by Gasteiger charge is 2.09. The normalized spacial score (nSPS) is 10.6. The third-order valence-corrected chi connectivity index (χ3v) is 3.44. The first-order valence-corrected chi connectivity index (χ1v) is 7.18. The first kappa shape index (κ1) is 16.5. The van der Waals surface area contributed by atoms with E-state index in [1.54, 1.807) is 31.5 Å². The molecule has 0 saturated carbocycles. The number of methoxy groups -OCH3 is 2. The number of ether oxygens (including phenoxy) is 2. The van der Waals surface area contributed by atoms with Gasteiger partial charge in [-0.1, -0.05) is 23.8 Å². The Balaban J connectivity index is 2.08. The van der Waals surface area contributed by atoms with Crippen LogP contribution in [0.4, 0.5) is 0 Å². The average molecular weight is 312 g/mol. The minimum Gasteiger partial charge on any atom is -0.493 e. The van der Waals surface area contributed by atoms with Crippen LogP contribution in [-0.4, -0.2) is 26.3 Å². The summed E-state index contributed by atoms with van der Waals surface area (Å²) in [6.45, 7) is 4.04. The molecule has 0 aliphatic carbocycles. The Morgan fingerprint density at radius 3 is 2.43 bits per heavy atom. The summed E-state index contributed by atoms with van der Waals surface area (Å²) in [6, 6.07) is 11.0. The van der Waals surface area contributed by atoms with Crippen LogP contribution in [0.1, 0.15) is 27.0 Å². The zero-order valence-electron chi connectivity index (χ0n) is 13.7. The second kappa shape index (κ2) is 7.45. The molecule has 0 atom stereocenters. The molecule has 0 fully saturated rings. The van der Waals surface area contributed by atoms with Crippen molar-refractivity contribution in [2.24, 2.45) is 5.10 Å². The van der Waals surface area contributed by atoms with Gasteiger partial charge in [-0.2, -0.15) is 5.10 Å². The minimum atomic E-state index is -0.313. The zero-order valence-corrected chi connectivity index (χ0v) is 13.7. The van der Waals surface area contributed by atoms with Crippen LogP contribution in [0.3, 0.4) is 0 Å². The van der Waals surface area contributed by atoms with E-state index in [4.69, 9.17) is 9.47 Å². The summed E-state index contributed by atoms with van der Waals surface area (Å²) in [7, 11) is 3.07. The summed E-state index contributed by atoms with van der Waals surface area (Å²) in [5, 5.41) is 4.01. The summed E-state index contributed by atoms with van der Waals surface area (Å²) >= 11 is 0. The van der Waals surface area contributed by atoms with Gasteiger partial charge in [0.05, 0.1) is 20.4 Å². The molecule has 0 saturated heterocycles. The number of hydrogen-bond acceptors (Lipinski definition) is 4. The smallest absolute Gasteiger partial charge is 0.271 e. The molecule has 0 bridgehead atoms. The fourth-order valence-electron chi connectivity index (χ4n) is 2.17. The molecule has 0 heterocycles. The number of carbonyl (C=O) groups excluding carboxylic acids is 1. The first-order chi connectivity index (χ1) is 11.0. The molecule has 5 nitrogen and oxygen atoms in total. The number of amides is 1. The third-order valence-electron chi connectivity index (χ3n) is 3.44. The van der Waals surface area contributed by atoms with Gasteiger partial charge in [0.1, 0.15) is 0 Å². The lowest BCUT2D eigenvalue weighted by Gasteiger charge is -2.08. The van der Waals surface area contributed by atoms with E-state index in [0.717, 1.165) is 11.1 Å². The van der Waals surface area contributed by atoms with Crippen molar-refractivity contribution in [3.8, 4) is 11.5 Å². The number of nitrogens with zero attached hydrogens (tertiary/aromatic N) is 1. The molecule has 1 N–H and O–H groups in total. The number of carbonyl (C=O) groups is 1. The van der Waals surface area contributed by atoms with Crippen molar-refractivity contribution in [3.05, 3.63) is 58.7 Å². The maximum Gasteiger partial charge on any atom is 0.271 e. The predicted octanol–water partition coefficient (Wildman–Crippen LogP) is 3.08. The molecule has 2 rings (SSSR count). The minimum absolute atomic E-state index is 0.313. The molecule has 0 radical (unpaired) electrons. The highest BCUT2D eigenvalue weighted by Crippen LogP contribution is 2.27. The van der Waals surface area contributed by atoms with E-state index < -0.39 is 0 Å². The van der Waals surface area contributed by atoms with E-state index in [1.807, 2.05) is 26.0 Å². The molecule has 0 aliphatic rings. The fourth-order valence-corrected chi connectivity index (χ4v) is 2.17. The van der Waals surface area contributed by atoms with Crippen LogP contribution in [-0.2, 0) is 0 Å². The van der Waals surface area contributed by atoms with Gasteiger partial charge in [-0.05, 0) is 43.2 Å². The van der Waals surface area contributed by atoms with Gasteiger partial charge in [-0.3, -0.25) is 4.79 Å². The summed E-state index contributed by atoms with van der Waals surface area (Å²) < 4.78 is 10.3. The van der Waals surface area contributed by atoms with Gasteiger partial charge in [0.25, 0.3) is 5.91 Å². The largest absolute Gasteiger partial charge is 0.493 e. The highest BCUT2D eigenvalue weighted by molar-refractivity contribution is 5.95. The number of rotatable bonds is 5. The summed E-state index contributed by atoms with van der Waals surface area (Å²) in [5.41, 5.74) is 6.21. The Hall–Kier alpha value is -2.82. The van der Waals surface area contributed by atoms with E-state index in [0.29, 0.717) is 17.1 Å². The lowest BCUT2D eigenvalue weighted by molar-refractivity contribution is 0.0954. The molecule has 0 unspecified atom stereocenters. The van der Waals surface area contributed by atoms with Gasteiger partial charge in [0.15, 0.2) is 11.5 Å². The van der Waals surface area contributed by atoms with Crippen molar-refractivity contribution in [2.45, 2.75) is 13.8 Å². The third kappa shape index (κ3) is 4.10. The zero-order chi connectivity index (χ0) is 16.8. The van der Waals surface area contributed by atoms with Crippen molar-refractivity contribution in [3.63, 3.8) is 0 Å². The molecule has 2 aromatic rings. The van der Waals surface area contributed by atoms with Crippen LogP contribution in [0.25, 0.3) is 0 Å². The Morgan fingerprint density at radius 1 is 1.04 bits per heavy atom. The lowest BCUT2D eigenvalue weighted by Crippen LogP contribution is -2.17. The number of benzene rings is 2. The summed E-state index contributed by atoms with van der Waals surface area (Å²) in [5.74, 6) is 0.758. The molecule has 0 aromatic heterocycles. The van der Waals surface area contributed by atoms with Crippen LogP contribution in [0, 0.1) is 13.8 Å². The summed E-state index contributed by atoms with van der Waals surface area (Å²) in [4.78, 5) is 12.1. The quantitative estimate of drug-likeness (QED) is 0.682. The molecule has 120 valence electrons. The first-order valence-electron chi connectivity index (χ1n) is 7.18. The van der Waals surface area contributed by atoms with Gasteiger partial charge in [-0.25, -0.2) is 5.43 Å². The van der Waals surface area contributed by atoms with E-state index in [9.17, 15) is 4.79 Å². The number of hydrazone groups is 1. The average Bonchev–Trinajstić information content (AvgIpc) is 2.56. The number of nitrogens with one attached hydrogen (secondary N) is 1. The lowest BCUT2D eigenvalue weighted by atomic mass is 10.1. The predicted molar refractivity (Wildman–Crippen MR) is 90.5 cm³/mol. The molecular weight excluding hydrogens is 292 g/mol. The van der Waals surface area contributed by atoms with Gasteiger partial charge in [0, 0.05) is 5.56 Å². The molecule has 0 aliphatic heterocycles. The van der Waals surface area contributed by atoms with Crippen molar-refractivity contribution in [2.75, 3.05) is 14.2 Å². The standard InChI is InChI=1S/C18H20N2O3/c1-12-5-6-15(13(2)9-12)11-19-20-18(21)14-7-8-16(22-3)17(10-14)23-4/h5-11H,1-4H3,(H,20,21). The topological polar surface area (TPSA) is 59.9 Å². The Bertz CT molecular complexity index is 739. The highest BCUT2D eigenvalue weighted by atomic mass is 16.5. The van der Waals surface area contributed by atoms with Gasteiger partial charge in [-0.15, -0.1) is 0 Å². The van der Waals surface area contributed by atoms with Gasteiger partial charge >= 0.3 is 0 Å². The van der Waals surface area contributed by atoms with Crippen LogP contribution in [0.15, 0.2) is 41.5 Å². The van der Waals surface area contributed by atoms with Crippen molar-refractivity contribution in [1.82, 2.24) is 5.43 Å². The molecule has 23 heavy (non-hydrogen) atoms. The monoisotopic (exact) mass is 312 g/mol. The SMILES string of the molecule is COc1ccc(C(=O)NN=Cc2ccc(C)cc2C)cc1OC. The van der Waals surface area contributed by atoms with Crippen LogP contribution in [0.2, 0.25) is 0 Å². The number of hydrogen-bond donors (Lipinski definition) is 1. The second-order valence-corrected chi connectivity index (χ2v) is 5.13.